The Labute approximate surface area is 130 Å². The lowest BCUT2D eigenvalue weighted by Crippen LogP contribution is -2.33. The van der Waals surface area contributed by atoms with Crippen molar-refractivity contribution in [1.29, 1.82) is 0 Å². The molecule has 1 amide bonds. The molecule has 104 valence electrons. The smallest absolute Gasteiger partial charge is 0.256 e. The highest BCUT2D eigenvalue weighted by molar-refractivity contribution is 9.10. The van der Waals surface area contributed by atoms with Crippen molar-refractivity contribution in [3.63, 3.8) is 0 Å². The number of nitrogens with zero attached hydrogens (tertiary/aromatic N) is 1. The molecule has 2 aromatic rings. The van der Waals surface area contributed by atoms with Crippen LogP contribution in [0.5, 0.6) is 0 Å². The number of hydrogen-bond donors (Lipinski definition) is 1. The molecule has 0 atom stereocenters. The van der Waals surface area contributed by atoms with Crippen molar-refractivity contribution in [2.75, 3.05) is 5.73 Å². The van der Waals surface area contributed by atoms with Crippen LogP contribution in [0.15, 0.2) is 39.5 Å². The second-order valence-corrected chi connectivity index (χ2v) is 6.72. The van der Waals surface area contributed by atoms with Crippen LogP contribution in [0.25, 0.3) is 0 Å². The number of rotatable bonds is 4. The van der Waals surface area contributed by atoms with Crippen molar-refractivity contribution in [1.82, 2.24) is 4.90 Å². The summed E-state index contributed by atoms with van der Waals surface area (Å²) in [6, 6.07) is 7.87. The maximum atomic E-state index is 12.7. The first kappa shape index (κ1) is 13.6. The van der Waals surface area contributed by atoms with Crippen molar-refractivity contribution in [3.05, 3.63) is 50.6 Å². The van der Waals surface area contributed by atoms with Gasteiger partial charge in [-0.3, -0.25) is 4.79 Å². The predicted molar refractivity (Wildman–Crippen MR) is 85.8 cm³/mol. The molecule has 0 aliphatic heterocycles. The summed E-state index contributed by atoms with van der Waals surface area (Å²) < 4.78 is 0.891. The van der Waals surface area contributed by atoms with E-state index in [1.807, 2.05) is 16.3 Å². The summed E-state index contributed by atoms with van der Waals surface area (Å²) in [6.07, 6.45) is 2.18. The maximum absolute atomic E-state index is 12.7. The highest BCUT2D eigenvalue weighted by Crippen LogP contribution is 2.31. The van der Waals surface area contributed by atoms with Gasteiger partial charge in [-0.25, -0.2) is 0 Å². The van der Waals surface area contributed by atoms with Crippen LogP contribution in [0.3, 0.4) is 0 Å². The average molecular weight is 351 g/mol. The molecule has 2 N–H and O–H groups in total. The third-order valence-corrected chi connectivity index (χ3v) is 4.65. The Balaban J connectivity index is 1.85. The lowest BCUT2D eigenvalue weighted by atomic mass is 10.1. The Bertz CT molecular complexity index is 623. The second-order valence-electron chi connectivity index (χ2n) is 5.03. The van der Waals surface area contributed by atoms with E-state index < -0.39 is 0 Å². The summed E-state index contributed by atoms with van der Waals surface area (Å²) in [5.41, 5.74) is 8.29. The number of amides is 1. The summed E-state index contributed by atoms with van der Waals surface area (Å²) in [5.74, 6) is 0.0312. The van der Waals surface area contributed by atoms with Gasteiger partial charge in [0.15, 0.2) is 0 Å². The van der Waals surface area contributed by atoms with Crippen LogP contribution >= 0.6 is 27.3 Å². The zero-order valence-corrected chi connectivity index (χ0v) is 13.3. The van der Waals surface area contributed by atoms with Gasteiger partial charge in [-0.2, -0.15) is 11.3 Å². The van der Waals surface area contributed by atoms with Gasteiger partial charge in [0, 0.05) is 22.7 Å². The summed E-state index contributed by atoms with van der Waals surface area (Å²) in [6.45, 7) is 0.669. The molecule has 0 saturated heterocycles. The van der Waals surface area contributed by atoms with E-state index >= 15 is 0 Å². The summed E-state index contributed by atoms with van der Waals surface area (Å²) >= 11 is 5.03. The topological polar surface area (TPSA) is 46.3 Å². The number of carbonyl (C=O) groups is 1. The Morgan fingerprint density at radius 3 is 2.80 bits per heavy atom. The third-order valence-electron chi connectivity index (χ3n) is 3.43. The van der Waals surface area contributed by atoms with Gasteiger partial charge in [-0.05, 0) is 53.4 Å². The highest BCUT2D eigenvalue weighted by atomic mass is 79.9. The molecule has 1 aromatic heterocycles. The lowest BCUT2D eigenvalue weighted by molar-refractivity contribution is 0.0731. The van der Waals surface area contributed by atoms with Crippen molar-refractivity contribution in [3.8, 4) is 0 Å². The first-order valence-corrected chi connectivity index (χ1v) is 8.26. The number of nitrogens with two attached hydrogens (primary N) is 1. The molecule has 5 heteroatoms. The van der Waals surface area contributed by atoms with E-state index in [1.54, 1.807) is 23.5 Å². The quantitative estimate of drug-likeness (QED) is 0.850. The van der Waals surface area contributed by atoms with E-state index in [-0.39, 0.29) is 5.91 Å². The SMILES string of the molecule is Nc1cc(Br)ccc1C(=O)N(Cc1ccsc1)C1CC1. The van der Waals surface area contributed by atoms with Crippen molar-refractivity contribution in [2.24, 2.45) is 0 Å². The number of thiophene rings is 1. The van der Waals surface area contributed by atoms with Crippen LogP contribution in [0.4, 0.5) is 5.69 Å². The molecule has 0 spiro atoms. The molecule has 3 rings (SSSR count). The lowest BCUT2D eigenvalue weighted by Gasteiger charge is -2.23. The Kier molecular flexibility index (Phi) is 3.81. The second kappa shape index (κ2) is 5.58. The summed E-state index contributed by atoms with van der Waals surface area (Å²) in [4.78, 5) is 14.7. The largest absolute Gasteiger partial charge is 0.398 e. The molecule has 0 unspecified atom stereocenters. The third kappa shape index (κ3) is 2.88. The first-order chi connectivity index (χ1) is 9.65. The van der Waals surface area contributed by atoms with Crippen LogP contribution < -0.4 is 5.73 Å². The van der Waals surface area contributed by atoms with E-state index in [4.69, 9.17) is 5.73 Å². The molecule has 1 aliphatic rings. The fraction of sp³-hybridized carbons (Fsp3) is 0.267. The summed E-state index contributed by atoms with van der Waals surface area (Å²) in [5, 5.41) is 4.13. The van der Waals surface area contributed by atoms with Gasteiger partial charge in [0.25, 0.3) is 5.91 Å². The number of anilines is 1. The van der Waals surface area contributed by atoms with E-state index in [1.165, 1.54) is 5.56 Å². The fourth-order valence-corrected chi connectivity index (χ4v) is 3.25. The number of hydrogen-bond acceptors (Lipinski definition) is 3. The zero-order valence-electron chi connectivity index (χ0n) is 10.9. The Morgan fingerprint density at radius 1 is 1.40 bits per heavy atom. The molecule has 0 radical (unpaired) electrons. The van der Waals surface area contributed by atoms with Gasteiger partial charge in [-0.1, -0.05) is 15.9 Å². The minimum Gasteiger partial charge on any atom is -0.398 e. The minimum atomic E-state index is 0.0312. The van der Waals surface area contributed by atoms with Crippen LogP contribution in [0.2, 0.25) is 0 Å². The number of nitrogen functional groups attached to an aromatic ring is 1. The van der Waals surface area contributed by atoms with Crippen molar-refractivity contribution < 1.29 is 4.79 Å². The zero-order chi connectivity index (χ0) is 14.1. The molecule has 3 nitrogen and oxygen atoms in total. The minimum absolute atomic E-state index is 0.0312. The molecule has 1 heterocycles. The first-order valence-electron chi connectivity index (χ1n) is 6.52. The van der Waals surface area contributed by atoms with Gasteiger partial charge in [-0.15, -0.1) is 0 Å². The molecular weight excluding hydrogens is 336 g/mol. The predicted octanol–water partition coefficient (Wildman–Crippen LogP) is 3.90. The summed E-state index contributed by atoms with van der Waals surface area (Å²) in [7, 11) is 0. The van der Waals surface area contributed by atoms with E-state index in [9.17, 15) is 4.79 Å². The van der Waals surface area contributed by atoms with Crippen LogP contribution in [0, 0.1) is 0 Å². The molecule has 0 bridgehead atoms. The van der Waals surface area contributed by atoms with E-state index in [2.05, 4.69) is 27.4 Å². The van der Waals surface area contributed by atoms with Crippen LogP contribution in [-0.4, -0.2) is 16.8 Å². The van der Waals surface area contributed by atoms with Gasteiger partial charge < -0.3 is 10.6 Å². The van der Waals surface area contributed by atoms with Crippen molar-refractivity contribution >= 4 is 38.9 Å². The average Bonchev–Trinajstić information content (AvgIpc) is 3.12. The molecule has 1 aromatic carbocycles. The highest BCUT2D eigenvalue weighted by Gasteiger charge is 2.33. The van der Waals surface area contributed by atoms with Crippen molar-refractivity contribution in [2.45, 2.75) is 25.4 Å². The molecule has 1 aliphatic carbocycles. The monoisotopic (exact) mass is 350 g/mol. The maximum Gasteiger partial charge on any atom is 0.256 e. The number of halogens is 1. The molecule has 1 fully saturated rings. The molecular formula is C15H15BrN2OS. The number of benzene rings is 1. The molecule has 1 saturated carbocycles. The van der Waals surface area contributed by atoms with E-state index in [0.29, 0.717) is 23.8 Å². The van der Waals surface area contributed by atoms with Crippen LogP contribution in [0.1, 0.15) is 28.8 Å². The fourth-order valence-electron chi connectivity index (χ4n) is 2.22. The van der Waals surface area contributed by atoms with E-state index in [0.717, 1.165) is 17.3 Å². The van der Waals surface area contributed by atoms with Crippen LogP contribution in [-0.2, 0) is 6.54 Å². The Morgan fingerprint density at radius 2 is 2.20 bits per heavy atom. The van der Waals surface area contributed by atoms with Gasteiger partial charge in [0.1, 0.15) is 0 Å². The molecule has 20 heavy (non-hydrogen) atoms. The van der Waals surface area contributed by atoms with Gasteiger partial charge in [0.2, 0.25) is 0 Å². The van der Waals surface area contributed by atoms with Gasteiger partial charge in [0.05, 0.1) is 5.56 Å². The van der Waals surface area contributed by atoms with Gasteiger partial charge >= 0.3 is 0 Å². The standard InChI is InChI=1S/C15H15BrN2OS/c16-11-1-4-13(14(17)7-11)15(19)18(12-2-3-12)8-10-5-6-20-9-10/h1,4-7,9,12H,2-3,8,17H2. The Hall–Kier alpha value is -1.33. The number of carbonyl (C=O) groups excluding carboxylic acids is 1. The normalized spacial score (nSPS) is 14.2.